The van der Waals surface area contributed by atoms with E-state index in [1.807, 2.05) is 59.0 Å². The molecule has 11 nitrogen and oxygen atoms in total. The van der Waals surface area contributed by atoms with E-state index in [2.05, 4.69) is 22.9 Å². The third-order valence-corrected chi connectivity index (χ3v) is 8.94. The highest BCUT2D eigenvalue weighted by molar-refractivity contribution is 6.03. The van der Waals surface area contributed by atoms with Gasteiger partial charge >= 0.3 is 12.1 Å². The zero-order valence-corrected chi connectivity index (χ0v) is 36.2. The van der Waals surface area contributed by atoms with Crippen molar-refractivity contribution < 1.29 is 41.9 Å². The van der Waals surface area contributed by atoms with Crippen LogP contribution < -0.4 is 21.7 Å². The maximum Gasteiger partial charge on any atom is 0.403 e. The Morgan fingerprint density at radius 1 is 0.964 bits per heavy atom. The van der Waals surface area contributed by atoms with Gasteiger partial charge in [-0.15, -0.1) is 0 Å². The third kappa shape index (κ3) is 27.3. The van der Waals surface area contributed by atoms with Crippen molar-refractivity contribution in [2.45, 2.75) is 145 Å². The van der Waals surface area contributed by atoms with Crippen LogP contribution in [-0.4, -0.2) is 87.2 Å². The summed E-state index contributed by atoms with van der Waals surface area (Å²) >= 11 is 0. The van der Waals surface area contributed by atoms with E-state index in [1.165, 1.54) is 37.5 Å². The Labute approximate surface area is 336 Å². The van der Waals surface area contributed by atoms with Gasteiger partial charge in [0.15, 0.2) is 0 Å². The molecule has 1 aromatic carbocycles. The molecule has 3 rings (SSSR count). The number of halogens is 3. The number of unbranched alkanes of at least 4 members (excludes halogenated alkanes) is 2. The minimum absolute atomic E-state index is 0.140. The van der Waals surface area contributed by atoms with Gasteiger partial charge in [0.25, 0.3) is 0 Å². The predicted octanol–water partition coefficient (Wildman–Crippen LogP) is 7.71. The summed E-state index contributed by atoms with van der Waals surface area (Å²) in [6.07, 6.45) is 3.79. The van der Waals surface area contributed by atoms with Gasteiger partial charge in [-0.2, -0.15) is 13.2 Å². The molecule has 2 fully saturated rings. The molecule has 1 heterocycles. The first-order valence-electron chi connectivity index (χ1n) is 20.3. The number of aldehydes is 2. The fraction of sp³-hybridized carbons (Fsp3) is 0.738. The van der Waals surface area contributed by atoms with Crippen molar-refractivity contribution in [3.8, 4) is 0 Å². The van der Waals surface area contributed by atoms with Crippen LogP contribution in [-0.2, 0) is 35.3 Å². The van der Waals surface area contributed by atoms with Crippen LogP contribution in [0.3, 0.4) is 0 Å². The summed E-state index contributed by atoms with van der Waals surface area (Å²) < 4.78 is 44.2. The Bertz CT molecular complexity index is 1160. The molecule has 1 aliphatic carbocycles. The number of hydrogen-bond donors (Lipinski definition) is 4. The monoisotopic (exact) mass is 804 g/mol. The van der Waals surface area contributed by atoms with E-state index < -0.39 is 18.3 Å². The lowest BCUT2D eigenvalue weighted by atomic mass is 9.83. The van der Waals surface area contributed by atoms with E-state index in [0.29, 0.717) is 38.7 Å². The highest BCUT2D eigenvalue weighted by Crippen LogP contribution is 2.27. The van der Waals surface area contributed by atoms with Crippen LogP contribution in [0.2, 0.25) is 0 Å². The van der Waals surface area contributed by atoms with Gasteiger partial charge in [-0.1, -0.05) is 93.2 Å². The quantitative estimate of drug-likeness (QED) is 0.0565. The fourth-order valence-electron chi connectivity index (χ4n) is 5.44. The molecule has 0 radical (unpaired) electrons. The number of likely N-dealkylation sites (N-methyl/N-ethyl adjacent to an activating group) is 1. The molecule has 326 valence electrons. The smallest absolute Gasteiger partial charge is 0.403 e. The maximum absolute atomic E-state index is 13.1. The molecule has 1 saturated heterocycles. The van der Waals surface area contributed by atoms with E-state index in [-0.39, 0.29) is 49.0 Å². The Balaban J connectivity index is -0.000000750. The molecule has 0 aromatic heterocycles. The molecule has 1 aromatic rings. The van der Waals surface area contributed by atoms with Crippen LogP contribution in [0.25, 0.3) is 0 Å². The topological polar surface area (TPSA) is 160 Å². The Morgan fingerprint density at radius 2 is 1.54 bits per heavy atom. The molecule has 3 atom stereocenters. The molecule has 1 saturated carbocycles. The van der Waals surface area contributed by atoms with Gasteiger partial charge in [0.2, 0.25) is 11.8 Å². The number of likely N-dealkylation sites (tertiary alicyclic amines) is 1. The molecule has 3 unspecified atom stereocenters. The van der Waals surface area contributed by atoms with Gasteiger partial charge in [0.05, 0.1) is 12.6 Å². The fourth-order valence-corrected chi connectivity index (χ4v) is 5.44. The summed E-state index contributed by atoms with van der Waals surface area (Å²) in [7, 11) is 3.59. The summed E-state index contributed by atoms with van der Waals surface area (Å²) in [6.45, 7) is 18.8. The molecule has 5 N–H and O–H groups in total. The molecule has 0 spiro atoms. The van der Waals surface area contributed by atoms with Crippen LogP contribution >= 0.6 is 0 Å². The first-order chi connectivity index (χ1) is 26.5. The van der Waals surface area contributed by atoms with Crippen LogP contribution in [0.4, 0.5) is 18.9 Å². The maximum atomic E-state index is 13.1. The molecule has 2 aliphatic rings. The second-order valence-electron chi connectivity index (χ2n) is 13.8. The second-order valence-corrected chi connectivity index (χ2v) is 13.8. The summed E-state index contributed by atoms with van der Waals surface area (Å²) in [6, 6.07) is 5.16. The number of alkyl halides is 3. The standard InChI is InChI=1S/C17H27F3N2O3.C10H13NO2.C8H17N.C3H7NO.2C2H6/c1-11(2)13(10-23)21-14(17(18,19)20)7-5-4-6-8-22-15(24)9-12(3)16(22)25;1-8(12)13-7-9-3-5-10(11-2)6-4-9;1-7-2-4-8(6-9)5-3-7;1-4-2-3-5;2*1-2/h10-14,21H,4-9H2,1-3H3;3-6,11H,7H2,1-2H3;7-8H,2-6,9H2,1H3;3-4H,2H2,1H3;2*1-2H3. The largest absolute Gasteiger partial charge is 0.461 e. The number of hydrogen-bond acceptors (Lipinski definition) is 10. The van der Waals surface area contributed by atoms with E-state index in [9.17, 15) is 37.1 Å². The number of nitrogens with two attached hydrogens (primary N) is 1. The third-order valence-electron chi connectivity index (χ3n) is 8.94. The van der Waals surface area contributed by atoms with E-state index in [4.69, 9.17) is 10.5 Å². The average molecular weight is 804 g/mol. The van der Waals surface area contributed by atoms with Crippen molar-refractivity contribution in [2.24, 2.45) is 29.4 Å². The summed E-state index contributed by atoms with van der Waals surface area (Å²) in [4.78, 5) is 55.3. The number of carbonyl (C=O) groups excluding carboxylic acids is 5. The molecule has 56 heavy (non-hydrogen) atoms. The number of esters is 1. The van der Waals surface area contributed by atoms with Crippen molar-refractivity contribution >= 4 is 36.0 Å². The summed E-state index contributed by atoms with van der Waals surface area (Å²) in [5.74, 6) is 0.620. The molecular formula is C42H76F3N5O6. The number of nitrogens with zero attached hydrogens (tertiary/aromatic N) is 1. The van der Waals surface area contributed by atoms with E-state index >= 15 is 0 Å². The normalized spacial score (nSPS) is 18.4. The minimum Gasteiger partial charge on any atom is -0.461 e. The van der Waals surface area contributed by atoms with Gasteiger partial charge in [-0.3, -0.25) is 24.6 Å². The van der Waals surface area contributed by atoms with E-state index in [1.54, 1.807) is 27.8 Å². The highest BCUT2D eigenvalue weighted by Gasteiger charge is 2.40. The van der Waals surface area contributed by atoms with Crippen molar-refractivity contribution in [2.75, 3.05) is 39.0 Å². The first kappa shape index (κ1) is 57.0. The van der Waals surface area contributed by atoms with Crippen LogP contribution in [0.1, 0.15) is 126 Å². The van der Waals surface area contributed by atoms with Crippen molar-refractivity contribution in [3.05, 3.63) is 29.8 Å². The van der Waals surface area contributed by atoms with Crippen LogP contribution in [0, 0.1) is 23.7 Å². The van der Waals surface area contributed by atoms with Crippen LogP contribution in [0.15, 0.2) is 24.3 Å². The van der Waals surface area contributed by atoms with Crippen LogP contribution in [0.5, 0.6) is 0 Å². The number of amides is 2. The number of ether oxygens (including phenoxy) is 1. The molecule has 0 bridgehead atoms. The zero-order valence-electron chi connectivity index (χ0n) is 36.2. The number of rotatable bonds is 16. The Morgan fingerprint density at radius 3 is 1.91 bits per heavy atom. The van der Waals surface area contributed by atoms with Gasteiger partial charge in [-0.25, -0.2) is 0 Å². The minimum atomic E-state index is -4.42. The van der Waals surface area contributed by atoms with Gasteiger partial charge < -0.3 is 30.7 Å². The van der Waals surface area contributed by atoms with Crippen molar-refractivity contribution in [3.63, 3.8) is 0 Å². The zero-order chi connectivity index (χ0) is 43.7. The number of imide groups is 1. The first-order valence-corrected chi connectivity index (χ1v) is 20.3. The van der Waals surface area contributed by atoms with Gasteiger partial charge in [0, 0.05) is 38.5 Å². The lowest BCUT2D eigenvalue weighted by Crippen LogP contribution is -2.49. The average Bonchev–Trinajstić information content (AvgIpc) is 3.43. The molecule has 2 amide bonds. The molecule has 1 aliphatic heterocycles. The van der Waals surface area contributed by atoms with Gasteiger partial charge in [0.1, 0.15) is 25.2 Å². The number of anilines is 1. The summed E-state index contributed by atoms with van der Waals surface area (Å²) in [5.41, 5.74) is 7.59. The predicted molar refractivity (Wildman–Crippen MR) is 221 cm³/mol. The Hall–Kier alpha value is -3.36. The molecular weight excluding hydrogens is 727 g/mol. The van der Waals surface area contributed by atoms with E-state index in [0.717, 1.165) is 35.9 Å². The molecule has 14 heteroatoms. The SMILES string of the molecule is CC.CC.CC1CC(=O)N(CCCCCC(NC(C=O)C(C)C)C(F)(F)F)C1=O.CC1CCC(CN)CC1.CNCC=O.CNc1ccc(COC(C)=O)cc1. The lowest BCUT2D eigenvalue weighted by Gasteiger charge is -2.26. The van der Waals surface area contributed by atoms with Crippen molar-refractivity contribution in [1.82, 2.24) is 15.5 Å². The summed E-state index contributed by atoms with van der Waals surface area (Å²) in [5, 5.41) is 8.04. The van der Waals surface area contributed by atoms with Gasteiger partial charge in [-0.05, 0) is 74.7 Å². The highest BCUT2D eigenvalue weighted by atomic mass is 19.4. The van der Waals surface area contributed by atoms with Crippen molar-refractivity contribution in [1.29, 1.82) is 0 Å². The number of carbonyl (C=O) groups is 5. The lowest BCUT2D eigenvalue weighted by molar-refractivity contribution is -0.160. The Kier molecular flexibility index (Phi) is 35.5. The number of nitrogens with one attached hydrogen (secondary N) is 3. The second kappa shape index (κ2) is 34.9. The number of benzene rings is 1.